The van der Waals surface area contributed by atoms with Gasteiger partial charge in [-0.3, -0.25) is 10.2 Å². The van der Waals surface area contributed by atoms with Crippen LogP contribution in [-0.4, -0.2) is 38.5 Å². The van der Waals surface area contributed by atoms with Crippen LogP contribution in [0, 0.1) is 5.41 Å². The van der Waals surface area contributed by atoms with Crippen molar-refractivity contribution in [3.63, 3.8) is 0 Å². The van der Waals surface area contributed by atoms with Crippen LogP contribution < -0.4 is 0 Å². The summed E-state index contributed by atoms with van der Waals surface area (Å²) in [6.07, 6.45) is 1.50. The molecule has 0 unspecified atom stereocenters. The second kappa shape index (κ2) is 4.98. The fourth-order valence-electron chi connectivity index (χ4n) is 1.83. The molecule has 3 rings (SSSR count). The lowest BCUT2D eigenvalue weighted by atomic mass is 10.1. The van der Waals surface area contributed by atoms with Crippen LogP contribution in [0.5, 0.6) is 0 Å². The molecule has 2 aliphatic rings. The molecule has 0 fully saturated rings. The number of fused-ring (bicyclic) bond motifs is 1. The molecule has 0 aromatic heterocycles. The van der Waals surface area contributed by atoms with Gasteiger partial charge in [0.2, 0.25) is 0 Å². The maximum Gasteiger partial charge on any atom is 0.335 e. The zero-order chi connectivity index (χ0) is 15.0. The van der Waals surface area contributed by atoms with Gasteiger partial charge >= 0.3 is 5.97 Å². The largest absolute Gasteiger partial charge is 0.478 e. The first-order chi connectivity index (χ1) is 10.1. The number of hydrogen-bond donors (Lipinski definition) is 2. The van der Waals surface area contributed by atoms with Crippen molar-refractivity contribution in [3.05, 3.63) is 41.0 Å². The van der Waals surface area contributed by atoms with E-state index in [0.29, 0.717) is 10.7 Å². The van der Waals surface area contributed by atoms with Crippen molar-refractivity contribution in [1.29, 1.82) is 5.41 Å². The Bertz CT molecular complexity index is 749. The molecule has 1 aromatic carbocycles. The van der Waals surface area contributed by atoms with Gasteiger partial charge in [-0.1, -0.05) is 12.1 Å². The number of aromatic carboxylic acids is 1. The lowest BCUT2D eigenvalue weighted by Crippen LogP contribution is -2.35. The molecule has 0 radical (unpaired) electrons. The predicted octanol–water partition coefficient (Wildman–Crippen LogP) is 1.63. The number of carboxylic acid groups (broad SMARTS) is 1. The van der Waals surface area contributed by atoms with Gasteiger partial charge in [0.25, 0.3) is 5.91 Å². The van der Waals surface area contributed by atoms with Crippen LogP contribution in [-0.2, 0) is 4.79 Å². The maximum absolute atomic E-state index is 11.9. The molecule has 7 nitrogen and oxygen atoms in total. The number of amides is 1. The molecule has 2 N–H and O–H groups in total. The smallest absolute Gasteiger partial charge is 0.335 e. The van der Waals surface area contributed by atoms with Gasteiger partial charge in [-0.25, -0.2) is 4.79 Å². The summed E-state index contributed by atoms with van der Waals surface area (Å²) >= 11 is 1.18. The van der Waals surface area contributed by atoms with Gasteiger partial charge in [0.05, 0.1) is 16.7 Å². The molecule has 0 atom stereocenters. The van der Waals surface area contributed by atoms with Gasteiger partial charge in [0, 0.05) is 0 Å². The second-order valence-corrected chi connectivity index (χ2v) is 5.00. The minimum atomic E-state index is -1.02. The minimum Gasteiger partial charge on any atom is -0.478 e. The van der Waals surface area contributed by atoms with Crippen LogP contribution >= 0.6 is 11.8 Å². The van der Waals surface area contributed by atoms with E-state index in [4.69, 9.17) is 10.5 Å². The highest BCUT2D eigenvalue weighted by atomic mass is 32.2. The molecule has 0 spiro atoms. The topological polar surface area (TPSA) is 106 Å². The van der Waals surface area contributed by atoms with Gasteiger partial charge in [0.15, 0.2) is 11.0 Å². The summed E-state index contributed by atoms with van der Waals surface area (Å²) in [6.45, 7) is 0. The summed E-state index contributed by atoms with van der Waals surface area (Å²) in [5, 5.41) is 22.4. The molecule has 2 heterocycles. The Morgan fingerprint density at radius 2 is 2.05 bits per heavy atom. The van der Waals surface area contributed by atoms with Crippen molar-refractivity contribution in [1.82, 2.24) is 5.01 Å². The summed E-state index contributed by atoms with van der Waals surface area (Å²) in [5.41, 5.74) is 2.39. The Morgan fingerprint density at radius 1 is 1.33 bits per heavy atom. The highest BCUT2D eigenvalue weighted by molar-refractivity contribution is 8.25. The third kappa shape index (κ3) is 2.36. The van der Waals surface area contributed by atoms with Gasteiger partial charge < -0.3 is 5.11 Å². The number of carbonyl (C=O) groups is 2. The van der Waals surface area contributed by atoms with Crippen molar-refractivity contribution in [2.75, 3.05) is 0 Å². The molecule has 21 heavy (non-hydrogen) atoms. The quantitative estimate of drug-likeness (QED) is 0.807. The number of carboxylic acids is 1. The van der Waals surface area contributed by atoms with Crippen LogP contribution in [0.25, 0.3) is 6.08 Å². The van der Waals surface area contributed by atoms with E-state index >= 15 is 0 Å². The summed E-state index contributed by atoms with van der Waals surface area (Å²) in [6, 6.07) is 6.00. The molecule has 0 bridgehead atoms. The van der Waals surface area contributed by atoms with Crippen LogP contribution in [0.2, 0.25) is 0 Å². The number of carbonyl (C=O) groups excluding carboxylic acids is 1. The molecule has 0 aliphatic carbocycles. The Labute approximate surface area is 123 Å². The Hall–Kier alpha value is -2.74. The minimum absolute atomic E-state index is 0.0476. The standard InChI is InChI=1S/C13H8N4O3S/c14-10-9(11(18)16-13-17(10)15-6-21-13)5-7-1-3-8(4-2-7)12(19)20/h1-6,14H,(H,19,20). The Kier molecular flexibility index (Phi) is 3.15. The van der Waals surface area contributed by atoms with Gasteiger partial charge in [-0.2, -0.15) is 15.1 Å². The van der Waals surface area contributed by atoms with Crippen molar-refractivity contribution in [2.24, 2.45) is 10.1 Å². The number of aliphatic imine (C=N–C) groups is 1. The summed E-state index contributed by atoms with van der Waals surface area (Å²) in [4.78, 5) is 26.6. The second-order valence-electron chi connectivity index (χ2n) is 4.18. The molecule has 104 valence electrons. The Balaban J connectivity index is 1.95. The van der Waals surface area contributed by atoms with Crippen LogP contribution in [0.15, 0.2) is 39.9 Å². The molecule has 1 aromatic rings. The van der Waals surface area contributed by atoms with Gasteiger partial charge in [-0.15, -0.1) is 0 Å². The first kappa shape index (κ1) is 13.3. The number of thioether (sulfide) groups is 1. The van der Waals surface area contributed by atoms with E-state index in [0.717, 1.165) is 0 Å². The molecular weight excluding hydrogens is 292 g/mol. The number of hydrogen-bond acceptors (Lipinski definition) is 5. The number of hydrazone groups is 1. The molecule has 0 saturated heterocycles. The fraction of sp³-hybridized carbons (Fsp3) is 0. The van der Waals surface area contributed by atoms with E-state index in [2.05, 4.69) is 10.1 Å². The number of nitrogens with one attached hydrogen (secondary N) is 1. The first-order valence-corrected chi connectivity index (χ1v) is 6.70. The van der Waals surface area contributed by atoms with E-state index in [9.17, 15) is 9.59 Å². The average Bonchev–Trinajstić information content (AvgIpc) is 2.92. The monoisotopic (exact) mass is 300 g/mol. The van der Waals surface area contributed by atoms with E-state index in [1.807, 2.05) is 0 Å². The molecule has 0 saturated carbocycles. The number of rotatable bonds is 2. The van der Waals surface area contributed by atoms with E-state index in [1.165, 1.54) is 40.5 Å². The number of nitrogens with zero attached hydrogens (tertiary/aromatic N) is 3. The summed E-state index contributed by atoms with van der Waals surface area (Å²) in [5.74, 6) is -1.58. The Morgan fingerprint density at radius 3 is 2.71 bits per heavy atom. The number of benzene rings is 1. The number of amidine groups is 2. The predicted molar refractivity (Wildman–Crippen MR) is 79.5 cm³/mol. The zero-order valence-corrected chi connectivity index (χ0v) is 11.3. The van der Waals surface area contributed by atoms with E-state index in [1.54, 1.807) is 12.1 Å². The van der Waals surface area contributed by atoms with E-state index < -0.39 is 11.9 Å². The zero-order valence-electron chi connectivity index (χ0n) is 10.5. The highest BCUT2D eigenvalue weighted by Gasteiger charge is 2.32. The molecule has 1 amide bonds. The third-order valence-electron chi connectivity index (χ3n) is 2.87. The van der Waals surface area contributed by atoms with Crippen molar-refractivity contribution in [2.45, 2.75) is 0 Å². The van der Waals surface area contributed by atoms with Gasteiger partial charge in [-0.05, 0) is 35.5 Å². The summed E-state index contributed by atoms with van der Waals surface area (Å²) < 4.78 is 0. The first-order valence-electron chi connectivity index (χ1n) is 5.82. The highest BCUT2D eigenvalue weighted by Crippen LogP contribution is 2.24. The van der Waals surface area contributed by atoms with Crippen LogP contribution in [0.1, 0.15) is 15.9 Å². The van der Waals surface area contributed by atoms with Crippen LogP contribution in [0.4, 0.5) is 0 Å². The van der Waals surface area contributed by atoms with E-state index in [-0.39, 0.29) is 17.0 Å². The lowest BCUT2D eigenvalue weighted by Gasteiger charge is -2.20. The van der Waals surface area contributed by atoms with Crippen molar-refractivity contribution in [3.8, 4) is 0 Å². The molecule has 8 heteroatoms. The lowest BCUT2D eigenvalue weighted by molar-refractivity contribution is -0.114. The average molecular weight is 300 g/mol. The fourth-order valence-corrected chi connectivity index (χ4v) is 2.44. The molecule has 2 aliphatic heterocycles. The maximum atomic E-state index is 11.9. The van der Waals surface area contributed by atoms with Gasteiger partial charge in [0.1, 0.15) is 0 Å². The van der Waals surface area contributed by atoms with Crippen molar-refractivity contribution < 1.29 is 14.7 Å². The van der Waals surface area contributed by atoms with Crippen LogP contribution in [0.3, 0.4) is 0 Å². The molecular formula is C13H8N4O3S. The van der Waals surface area contributed by atoms with Crippen molar-refractivity contribution >= 4 is 46.3 Å². The third-order valence-corrected chi connectivity index (χ3v) is 3.54. The SMILES string of the molecule is N=C1C(=Cc2ccc(C(=O)O)cc2)C(=O)N=C2SC=NN12. The summed E-state index contributed by atoms with van der Waals surface area (Å²) in [7, 11) is 0. The normalized spacial score (nSPS) is 19.0.